The summed E-state index contributed by atoms with van der Waals surface area (Å²) < 4.78 is 21.4. The van der Waals surface area contributed by atoms with Gasteiger partial charge in [0.15, 0.2) is 22.7 Å². The second kappa shape index (κ2) is 9.29. The van der Waals surface area contributed by atoms with Crippen LogP contribution in [-0.2, 0) is 4.79 Å². The molecule has 1 N–H and O–H groups in total. The van der Waals surface area contributed by atoms with Crippen LogP contribution in [0.2, 0.25) is 0 Å². The number of thiazole rings is 1. The summed E-state index contributed by atoms with van der Waals surface area (Å²) >= 11 is 1.34. The highest BCUT2D eigenvalue weighted by Gasteiger charge is 2.17. The molecule has 1 aromatic heterocycles. The smallest absolute Gasteiger partial charge is 0.266 e. The van der Waals surface area contributed by atoms with Gasteiger partial charge in [0, 0.05) is 17.0 Å². The lowest BCUT2D eigenvalue weighted by Crippen LogP contribution is -2.30. The summed E-state index contributed by atoms with van der Waals surface area (Å²) in [4.78, 5) is 16.9. The van der Waals surface area contributed by atoms with Crippen LogP contribution in [0.25, 0.3) is 11.3 Å². The molecule has 2 aromatic carbocycles. The molecule has 0 fully saturated rings. The summed E-state index contributed by atoms with van der Waals surface area (Å²) in [5.41, 5.74) is 1.59. The van der Waals surface area contributed by atoms with Crippen molar-refractivity contribution in [3.8, 4) is 34.3 Å². The van der Waals surface area contributed by atoms with E-state index in [2.05, 4.69) is 10.3 Å². The number of carbonyl (C=O) groups excluding carboxylic acids is 1. The van der Waals surface area contributed by atoms with E-state index in [0.717, 1.165) is 11.3 Å². The number of rotatable bonds is 8. The molecule has 1 amide bonds. The fourth-order valence-electron chi connectivity index (χ4n) is 2.60. The largest absolute Gasteiger partial charge is 0.497 e. The van der Waals surface area contributed by atoms with E-state index < -0.39 is 6.10 Å². The predicted molar refractivity (Wildman–Crippen MR) is 112 cm³/mol. The van der Waals surface area contributed by atoms with Crippen molar-refractivity contribution < 1.29 is 23.7 Å². The Bertz CT molecular complexity index is 989. The second-order valence-electron chi connectivity index (χ2n) is 6.04. The van der Waals surface area contributed by atoms with Crippen molar-refractivity contribution in [3.63, 3.8) is 0 Å². The van der Waals surface area contributed by atoms with Crippen molar-refractivity contribution in [2.75, 3.05) is 26.6 Å². The second-order valence-corrected chi connectivity index (χ2v) is 6.89. The average Bonchev–Trinajstić information content (AvgIpc) is 3.21. The molecule has 0 bridgehead atoms. The third-order valence-electron chi connectivity index (χ3n) is 4.14. The summed E-state index contributed by atoms with van der Waals surface area (Å²) in [6.07, 6.45) is -0.699. The molecule has 0 radical (unpaired) electrons. The first-order chi connectivity index (χ1) is 14.0. The van der Waals surface area contributed by atoms with Crippen LogP contribution in [0.3, 0.4) is 0 Å². The first kappa shape index (κ1) is 20.5. The lowest BCUT2D eigenvalue weighted by molar-refractivity contribution is -0.122. The fourth-order valence-corrected chi connectivity index (χ4v) is 3.32. The Morgan fingerprint density at radius 1 is 1.00 bits per heavy atom. The first-order valence-electron chi connectivity index (χ1n) is 8.83. The molecule has 0 aliphatic heterocycles. The molecule has 29 heavy (non-hydrogen) atoms. The first-order valence-corrected chi connectivity index (χ1v) is 9.71. The van der Waals surface area contributed by atoms with Gasteiger partial charge in [-0.15, -0.1) is 11.3 Å². The molecular formula is C21H22N2O5S. The number of nitrogens with zero attached hydrogens (tertiary/aromatic N) is 1. The molecule has 1 heterocycles. The minimum absolute atomic E-state index is 0.291. The number of hydrogen-bond acceptors (Lipinski definition) is 7. The minimum Gasteiger partial charge on any atom is -0.497 e. The zero-order valence-corrected chi connectivity index (χ0v) is 17.4. The maximum absolute atomic E-state index is 12.5. The van der Waals surface area contributed by atoms with E-state index in [9.17, 15) is 4.79 Å². The monoisotopic (exact) mass is 414 g/mol. The summed E-state index contributed by atoms with van der Waals surface area (Å²) in [7, 11) is 4.74. The number of benzene rings is 2. The number of anilines is 1. The fraction of sp³-hybridized carbons (Fsp3) is 0.238. The van der Waals surface area contributed by atoms with E-state index in [1.54, 1.807) is 46.5 Å². The van der Waals surface area contributed by atoms with Crippen LogP contribution < -0.4 is 24.3 Å². The van der Waals surface area contributed by atoms with Crippen molar-refractivity contribution in [2.45, 2.75) is 13.0 Å². The molecule has 0 saturated carbocycles. The molecule has 1 unspecified atom stereocenters. The third-order valence-corrected chi connectivity index (χ3v) is 4.89. The zero-order chi connectivity index (χ0) is 20.8. The highest BCUT2D eigenvalue weighted by Crippen LogP contribution is 2.33. The van der Waals surface area contributed by atoms with Gasteiger partial charge in [0.2, 0.25) is 0 Å². The molecule has 0 aliphatic rings. The third kappa shape index (κ3) is 4.97. The number of aromatic nitrogens is 1. The number of methoxy groups -OCH3 is 3. The normalized spacial score (nSPS) is 11.4. The number of carbonyl (C=O) groups is 1. The van der Waals surface area contributed by atoms with Gasteiger partial charge in [-0.2, -0.15) is 0 Å². The summed E-state index contributed by atoms with van der Waals surface area (Å²) in [5.74, 6) is 2.18. The lowest BCUT2D eigenvalue weighted by Gasteiger charge is -2.14. The Hall–Kier alpha value is -3.26. The molecule has 3 aromatic rings. The maximum Gasteiger partial charge on any atom is 0.266 e. The van der Waals surface area contributed by atoms with Crippen LogP contribution in [0, 0.1) is 0 Å². The molecule has 0 spiro atoms. The maximum atomic E-state index is 12.5. The van der Waals surface area contributed by atoms with Gasteiger partial charge in [0.1, 0.15) is 11.5 Å². The van der Waals surface area contributed by atoms with Crippen molar-refractivity contribution in [3.05, 3.63) is 47.8 Å². The van der Waals surface area contributed by atoms with E-state index in [-0.39, 0.29) is 5.91 Å². The highest BCUT2D eigenvalue weighted by atomic mass is 32.1. The minimum atomic E-state index is -0.699. The number of nitrogens with one attached hydrogen (secondary N) is 1. The van der Waals surface area contributed by atoms with Gasteiger partial charge in [-0.3, -0.25) is 10.1 Å². The van der Waals surface area contributed by atoms with Crippen LogP contribution in [0.1, 0.15) is 6.92 Å². The standard InChI is InChI=1S/C21H22N2O5S/c1-13(28-16-7-5-6-15(11-16)25-2)20(24)23-21-22-17(12-29-21)14-8-9-18(26-3)19(10-14)27-4/h5-13H,1-4H3,(H,22,23,24). The Labute approximate surface area is 173 Å². The summed E-state index contributed by atoms with van der Waals surface area (Å²) in [6.45, 7) is 1.68. The molecule has 0 aliphatic carbocycles. The van der Waals surface area contributed by atoms with Crippen molar-refractivity contribution in [2.24, 2.45) is 0 Å². The van der Waals surface area contributed by atoms with E-state index in [4.69, 9.17) is 18.9 Å². The molecule has 3 rings (SSSR count). The summed E-state index contributed by atoms with van der Waals surface area (Å²) in [6, 6.07) is 12.6. The average molecular weight is 414 g/mol. The van der Waals surface area contributed by atoms with E-state index in [0.29, 0.717) is 28.1 Å². The van der Waals surface area contributed by atoms with Gasteiger partial charge in [-0.1, -0.05) is 6.07 Å². The Morgan fingerprint density at radius 3 is 2.48 bits per heavy atom. The number of hydrogen-bond donors (Lipinski definition) is 1. The highest BCUT2D eigenvalue weighted by molar-refractivity contribution is 7.14. The Morgan fingerprint density at radius 2 is 1.76 bits per heavy atom. The van der Waals surface area contributed by atoms with Crippen LogP contribution >= 0.6 is 11.3 Å². The van der Waals surface area contributed by atoms with Crippen LogP contribution in [0.5, 0.6) is 23.0 Å². The summed E-state index contributed by atoms with van der Waals surface area (Å²) in [5, 5.41) is 5.14. The molecule has 152 valence electrons. The van der Waals surface area contributed by atoms with E-state index in [1.165, 1.54) is 11.3 Å². The van der Waals surface area contributed by atoms with Crippen molar-refractivity contribution >= 4 is 22.4 Å². The molecule has 7 nitrogen and oxygen atoms in total. The zero-order valence-electron chi connectivity index (χ0n) is 16.6. The Balaban J connectivity index is 1.67. The number of ether oxygens (including phenoxy) is 4. The van der Waals surface area contributed by atoms with Gasteiger partial charge < -0.3 is 18.9 Å². The molecule has 8 heteroatoms. The van der Waals surface area contributed by atoms with Crippen LogP contribution in [0.4, 0.5) is 5.13 Å². The van der Waals surface area contributed by atoms with Gasteiger partial charge in [-0.25, -0.2) is 4.98 Å². The van der Waals surface area contributed by atoms with E-state index in [1.807, 2.05) is 29.6 Å². The lowest BCUT2D eigenvalue weighted by atomic mass is 10.1. The molecule has 1 atom stereocenters. The van der Waals surface area contributed by atoms with E-state index >= 15 is 0 Å². The van der Waals surface area contributed by atoms with Crippen LogP contribution in [0.15, 0.2) is 47.8 Å². The van der Waals surface area contributed by atoms with Crippen LogP contribution in [-0.4, -0.2) is 38.3 Å². The van der Waals surface area contributed by atoms with Crippen molar-refractivity contribution in [1.82, 2.24) is 4.98 Å². The van der Waals surface area contributed by atoms with Gasteiger partial charge in [0.05, 0.1) is 27.0 Å². The van der Waals surface area contributed by atoms with Gasteiger partial charge in [-0.05, 0) is 37.3 Å². The van der Waals surface area contributed by atoms with Crippen molar-refractivity contribution in [1.29, 1.82) is 0 Å². The number of amides is 1. The quantitative estimate of drug-likeness (QED) is 0.594. The molecule has 0 saturated heterocycles. The Kier molecular flexibility index (Phi) is 6.56. The SMILES string of the molecule is COc1cccc(OC(C)C(=O)Nc2nc(-c3ccc(OC)c(OC)c3)cs2)c1. The van der Waals surface area contributed by atoms with Gasteiger partial charge in [0.25, 0.3) is 5.91 Å². The van der Waals surface area contributed by atoms with Gasteiger partial charge >= 0.3 is 0 Å². The molecular weight excluding hydrogens is 392 g/mol. The predicted octanol–water partition coefficient (Wildman–Crippen LogP) is 4.24. The topological polar surface area (TPSA) is 78.9 Å².